The quantitative estimate of drug-likeness (QED) is 0.702. The van der Waals surface area contributed by atoms with Crippen LogP contribution in [0, 0.1) is 0 Å². The molecule has 1 unspecified atom stereocenters. The molecular weight excluding hydrogens is 216 g/mol. The summed E-state index contributed by atoms with van der Waals surface area (Å²) in [4.78, 5) is 3.72. The van der Waals surface area contributed by atoms with Gasteiger partial charge in [0.15, 0.2) is 0 Å². The molecule has 0 bridgehead atoms. The van der Waals surface area contributed by atoms with E-state index in [9.17, 15) is 0 Å². The number of hydrogen-bond donors (Lipinski definition) is 1. The Kier molecular flexibility index (Phi) is 6.69. The van der Waals surface area contributed by atoms with Crippen LogP contribution in [0.2, 0.25) is 0 Å². The minimum Gasteiger partial charge on any atom is -0.309 e. The van der Waals surface area contributed by atoms with Crippen LogP contribution in [0.1, 0.15) is 37.1 Å². The number of nitrogens with one attached hydrogen (secondary N) is 1. The summed E-state index contributed by atoms with van der Waals surface area (Å²) in [6, 6.07) is 4.95. The summed E-state index contributed by atoms with van der Waals surface area (Å²) in [6.45, 7) is 4.53. The molecule has 1 atom stereocenters. The molecule has 0 saturated heterocycles. The van der Waals surface area contributed by atoms with Crippen LogP contribution in [0.25, 0.3) is 0 Å². The minimum absolute atomic E-state index is 0.562. The highest BCUT2D eigenvalue weighted by molar-refractivity contribution is 7.10. The van der Waals surface area contributed by atoms with Gasteiger partial charge in [0.1, 0.15) is 0 Å². The van der Waals surface area contributed by atoms with Crippen molar-refractivity contribution in [2.24, 2.45) is 0 Å². The maximum atomic E-state index is 3.66. The van der Waals surface area contributed by atoms with E-state index in [1.54, 1.807) is 0 Å². The molecule has 1 aromatic heterocycles. The summed E-state index contributed by atoms with van der Waals surface area (Å²) < 4.78 is 0. The van der Waals surface area contributed by atoms with Crippen molar-refractivity contribution < 1.29 is 0 Å². The predicted octanol–water partition coefficient (Wildman–Crippen LogP) is 3.13. The average molecular weight is 240 g/mol. The van der Waals surface area contributed by atoms with Crippen molar-refractivity contribution in [3.63, 3.8) is 0 Å². The second-order valence-electron chi connectivity index (χ2n) is 4.47. The van der Waals surface area contributed by atoms with Gasteiger partial charge in [0, 0.05) is 10.9 Å². The van der Waals surface area contributed by atoms with E-state index in [0.29, 0.717) is 6.04 Å². The highest BCUT2D eigenvalue weighted by atomic mass is 32.1. The third-order valence-electron chi connectivity index (χ3n) is 2.64. The van der Waals surface area contributed by atoms with Crippen LogP contribution < -0.4 is 5.32 Å². The Hall–Kier alpha value is -0.380. The fourth-order valence-corrected chi connectivity index (χ4v) is 2.63. The smallest absolute Gasteiger partial charge is 0.0414 e. The molecule has 1 N–H and O–H groups in total. The lowest BCUT2D eigenvalue weighted by Crippen LogP contribution is -2.24. The highest BCUT2D eigenvalue weighted by Crippen LogP contribution is 2.22. The van der Waals surface area contributed by atoms with Gasteiger partial charge in [-0.1, -0.05) is 19.4 Å². The zero-order valence-electron chi connectivity index (χ0n) is 10.7. The van der Waals surface area contributed by atoms with Gasteiger partial charge < -0.3 is 10.2 Å². The van der Waals surface area contributed by atoms with E-state index in [-0.39, 0.29) is 0 Å². The van der Waals surface area contributed by atoms with Crippen LogP contribution >= 0.6 is 11.3 Å². The Balaban J connectivity index is 2.29. The monoisotopic (exact) mass is 240 g/mol. The van der Waals surface area contributed by atoms with Gasteiger partial charge in [0.25, 0.3) is 0 Å². The van der Waals surface area contributed by atoms with Gasteiger partial charge in [-0.2, -0.15) is 0 Å². The van der Waals surface area contributed by atoms with Gasteiger partial charge in [0.05, 0.1) is 0 Å². The molecule has 0 radical (unpaired) electrons. The van der Waals surface area contributed by atoms with Crippen LogP contribution in [0.15, 0.2) is 17.5 Å². The van der Waals surface area contributed by atoms with E-state index in [1.807, 2.05) is 11.3 Å². The number of rotatable bonds is 8. The molecule has 0 aliphatic carbocycles. The van der Waals surface area contributed by atoms with Gasteiger partial charge in [-0.25, -0.2) is 0 Å². The van der Waals surface area contributed by atoms with E-state index in [4.69, 9.17) is 0 Å². The van der Waals surface area contributed by atoms with Crippen molar-refractivity contribution in [2.75, 3.05) is 27.2 Å². The van der Waals surface area contributed by atoms with E-state index in [1.165, 1.54) is 24.1 Å². The Labute approximate surface area is 104 Å². The fraction of sp³-hybridized carbons (Fsp3) is 0.692. The second kappa shape index (κ2) is 7.82. The molecule has 92 valence electrons. The number of thiophene rings is 1. The summed E-state index contributed by atoms with van der Waals surface area (Å²) in [5.41, 5.74) is 0. The van der Waals surface area contributed by atoms with Gasteiger partial charge in [0.2, 0.25) is 0 Å². The number of nitrogens with zero attached hydrogens (tertiary/aromatic N) is 1. The maximum absolute atomic E-state index is 3.66. The third kappa shape index (κ3) is 5.10. The highest BCUT2D eigenvalue weighted by Gasteiger charge is 2.09. The molecule has 0 spiro atoms. The Morgan fingerprint density at radius 3 is 2.81 bits per heavy atom. The molecule has 16 heavy (non-hydrogen) atoms. The van der Waals surface area contributed by atoms with Gasteiger partial charge in [-0.05, 0) is 51.5 Å². The van der Waals surface area contributed by atoms with E-state index < -0.39 is 0 Å². The first-order valence-corrected chi connectivity index (χ1v) is 7.03. The molecule has 1 heterocycles. The lowest BCUT2D eigenvalue weighted by Gasteiger charge is -2.17. The Morgan fingerprint density at radius 1 is 1.44 bits per heavy atom. The minimum atomic E-state index is 0.562. The van der Waals surface area contributed by atoms with Crippen molar-refractivity contribution in [3.05, 3.63) is 22.4 Å². The Morgan fingerprint density at radius 2 is 2.25 bits per heavy atom. The molecule has 0 saturated carbocycles. The van der Waals surface area contributed by atoms with Crippen molar-refractivity contribution in [3.8, 4) is 0 Å². The van der Waals surface area contributed by atoms with E-state index >= 15 is 0 Å². The van der Waals surface area contributed by atoms with Crippen LogP contribution in [-0.4, -0.2) is 32.1 Å². The van der Waals surface area contributed by atoms with Crippen LogP contribution in [0.4, 0.5) is 0 Å². The fourth-order valence-electron chi connectivity index (χ4n) is 1.79. The first kappa shape index (κ1) is 13.7. The molecule has 0 aromatic carbocycles. The topological polar surface area (TPSA) is 15.3 Å². The summed E-state index contributed by atoms with van der Waals surface area (Å²) in [5, 5.41) is 5.83. The van der Waals surface area contributed by atoms with Crippen LogP contribution in [0.5, 0.6) is 0 Å². The summed E-state index contributed by atoms with van der Waals surface area (Å²) in [6.07, 6.45) is 3.70. The van der Waals surface area contributed by atoms with Crippen molar-refractivity contribution in [2.45, 2.75) is 32.2 Å². The molecule has 0 aliphatic rings. The molecule has 0 amide bonds. The molecule has 3 heteroatoms. The van der Waals surface area contributed by atoms with Crippen molar-refractivity contribution in [1.82, 2.24) is 10.2 Å². The first-order chi connectivity index (χ1) is 7.74. The standard InChI is InChI=1S/C13H24N2S/c1-4-7-12(13-8-5-11-16-13)14-9-6-10-15(2)3/h5,8,11-12,14H,4,6-7,9-10H2,1-3H3. The summed E-state index contributed by atoms with van der Waals surface area (Å²) >= 11 is 1.86. The average Bonchev–Trinajstić information content (AvgIpc) is 2.75. The normalized spacial score (nSPS) is 13.2. The van der Waals surface area contributed by atoms with Gasteiger partial charge >= 0.3 is 0 Å². The first-order valence-electron chi connectivity index (χ1n) is 6.15. The Bertz CT molecular complexity index is 257. The SMILES string of the molecule is CCCC(NCCCN(C)C)c1cccs1. The summed E-state index contributed by atoms with van der Waals surface area (Å²) in [5.74, 6) is 0. The van der Waals surface area contributed by atoms with E-state index in [0.717, 1.165) is 13.1 Å². The molecule has 1 aromatic rings. The van der Waals surface area contributed by atoms with Crippen LogP contribution in [0.3, 0.4) is 0 Å². The zero-order chi connectivity index (χ0) is 11.8. The van der Waals surface area contributed by atoms with Gasteiger partial charge in [-0.15, -0.1) is 11.3 Å². The summed E-state index contributed by atoms with van der Waals surface area (Å²) in [7, 11) is 4.26. The largest absolute Gasteiger partial charge is 0.309 e. The van der Waals surface area contributed by atoms with Crippen molar-refractivity contribution in [1.29, 1.82) is 0 Å². The maximum Gasteiger partial charge on any atom is 0.0414 e. The molecule has 0 aliphatic heterocycles. The lowest BCUT2D eigenvalue weighted by molar-refractivity contribution is 0.384. The second-order valence-corrected chi connectivity index (χ2v) is 5.45. The molecule has 0 fully saturated rings. The predicted molar refractivity (Wildman–Crippen MR) is 73.1 cm³/mol. The lowest BCUT2D eigenvalue weighted by atomic mass is 10.1. The molecule has 1 rings (SSSR count). The molecule has 2 nitrogen and oxygen atoms in total. The molecular formula is C13H24N2S. The zero-order valence-corrected chi connectivity index (χ0v) is 11.5. The van der Waals surface area contributed by atoms with Gasteiger partial charge in [-0.3, -0.25) is 0 Å². The third-order valence-corrected chi connectivity index (χ3v) is 3.62. The van der Waals surface area contributed by atoms with E-state index in [2.05, 4.69) is 48.7 Å². The van der Waals surface area contributed by atoms with Crippen LogP contribution in [-0.2, 0) is 0 Å². The van der Waals surface area contributed by atoms with Crippen molar-refractivity contribution >= 4 is 11.3 Å². The number of hydrogen-bond acceptors (Lipinski definition) is 3.